The first-order valence-electron chi connectivity index (χ1n) is 8.14. The molecule has 1 saturated heterocycles. The maximum absolute atomic E-state index is 5.46. The molecule has 0 radical (unpaired) electrons. The minimum Gasteiger partial charge on any atom is -0.381 e. The summed E-state index contributed by atoms with van der Waals surface area (Å²) >= 11 is 0. The highest BCUT2D eigenvalue weighted by atomic mass is 16.5. The van der Waals surface area contributed by atoms with E-state index in [9.17, 15) is 0 Å². The molecule has 1 aliphatic rings. The van der Waals surface area contributed by atoms with Crippen LogP contribution in [-0.4, -0.2) is 25.8 Å². The van der Waals surface area contributed by atoms with Crippen molar-refractivity contribution in [2.24, 2.45) is 5.92 Å². The third-order valence-corrected chi connectivity index (χ3v) is 4.32. The average Bonchev–Trinajstić information content (AvgIpc) is 2.46. The average molecular weight is 275 g/mol. The zero-order chi connectivity index (χ0) is 14.2. The van der Waals surface area contributed by atoms with E-state index in [0.717, 1.165) is 25.7 Å². The Morgan fingerprint density at radius 2 is 2.10 bits per heavy atom. The Morgan fingerprint density at radius 1 is 1.30 bits per heavy atom. The van der Waals surface area contributed by atoms with Crippen LogP contribution < -0.4 is 5.32 Å². The van der Waals surface area contributed by atoms with Gasteiger partial charge >= 0.3 is 0 Å². The van der Waals surface area contributed by atoms with E-state index in [4.69, 9.17) is 4.74 Å². The van der Waals surface area contributed by atoms with Crippen molar-refractivity contribution >= 4 is 0 Å². The first kappa shape index (κ1) is 15.5. The number of aryl methyl sites for hydroxylation is 2. The summed E-state index contributed by atoms with van der Waals surface area (Å²) in [5.74, 6) is 0.852. The van der Waals surface area contributed by atoms with Gasteiger partial charge in [-0.15, -0.1) is 0 Å². The SMILES string of the molecule is CCNC(CCc1cccc(C)c1)CC1CCOCC1. The van der Waals surface area contributed by atoms with Gasteiger partial charge < -0.3 is 10.1 Å². The van der Waals surface area contributed by atoms with Crippen LogP contribution in [0.25, 0.3) is 0 Å². The summed E-state index contributed by atoms with van der Waals surface area (Å²) in [7, 11) is 0. The molecule has 0 amide bonds. The minimum atomic E-state index is 0.656. The van der Waals surface area contributed by atoms with Gasteiger partial charge in [-0.1, -0.05) is 36.8 Å². The third-order valence-electron chi connectivity index (χ3n) is 4.32. The van der Waals surface area contributed by atoms with Crippen LogP contribution in [0.2, 0.25) is 0 Å². The van der Waals surface area contributed by atoms with Gasteiger partial charge in [0.2, 0.25) is 0 Å². The Bertz CT molecular complexity index is 385. The van der Waals surface area contributed by atoms with Crippen LogP contribution >= 0.6 is 0 Å². The molecule has 2 nitrogen and oxygen atoms in total. The lowest BCUT2D eigenvalue weighted by Gasteiger charge is -2.27. The zero-order valence-electron chi connectivity index (χ0n) is 13.0. The monoisotopic (exact) mass is 275 g/mol. The van der Waals surface area contributed by atoms with Gasteiger partial charge in [0.15, 0.2) is 0 Å². The lowest BCUT2D eigenvalue weighted by Crippen LogP contribution is -2.33. The van der Waals surface area contributed by atoms with Crippen LogP contribution in [0.4, 0.5) is 0 Å². The second-order valence-electron chi connectivity index (χ2n) is 6.07. The van der Waals surface area contributed by atoms with E-state index in [2.05, 4.69) is 43.4 Å². The Morgan fingerprint density at radius 3 is 2.80 bits per heavy atom. The van der Waals surface area contributed by atoms with Crippen molar-refractivity contribution in [3.8, 4) is 0 Å². The fourth-order valence-electron chi connectivity index (χ4n) is 3.18. The zero-order valence-corrected chi connectivity index (χ0v) is 13.0. The van der Waals surface area contributed by atoms with Crippen molar-refractivity contribution in [1.82, 2.24) is 5.32 Å². The van der Waals surface area contributed by atoms with Gasteiger partial charge in [-0.05, 0) is 57.1 Å². The highest BCUT2D eigenvalue weighted by Crippen LogP contribution is 2.22. The van der Waals surface area contributed by atoms with Gasteiger partial charge in [-0.2, -0.15) is 0 Å². The van der Waals surface area contributed by atoms with Gasteiger partial charge in [0.1, 0.15) is 0 Å². The molecule has 1 fully saturated rings. The summed E-state index contributed by atoms with van der Waals surface area (Å²) < 4.78 is 5.46. The molecule has 0 spiro atoms. The van der Waals surface area contributed by atoms with Gasteiger partial charge in [-0.3, -0.25) is 0 Å². The van der Waals surface area contributed by atoms with E-state index in [-0.39, 0.29) is 0 Å². The highest BCUT2D eigenvalue weighted by molar-refractivity contribution is 5.22. The molecule has 1 aromatic rings. The van der Waals surface area contributed by atoms with Crippen molar-refractivity contribution < 1.29 is 4.74 Å². The third kappa shape index (κ3) is 5.26. The molecule has 112 valence electrons. The molecular weight excluding hydrogens is 246 g/mol. The van der Waals surface area contributed by atoms with E-state index in [1.54, 1.807) is 0 Å². The number of hydrogen-bond donors (Lipinski definition) is 1. The molecule has 1 heterocycles. The molecular formula is C18H29NO. The van der Waals surface area contributed by atoms with Crippen LogP contribution in [0.5, 0.6) is 0 Å². The van der Waals surface area contributed by atoms with Crippen LogP contribution in [0.1, 0.15) is 43.7 Å². The van der Waals surface area contributed by atoms with Gasteiger partial charge in [0.25, 0.3) is 0 Å². The van der Waals surface area contributed by atoms with E-state index < -0.39 is 0 Å². The smallest absolute Gasteiger partial charge is 0.0468 e. The largest absolute Gasteiger partial charge is 0.381 e. The summed E-state index contributed by atoms with van der Waals surface area (Å²) in [6.07, 6.45) is 6.22. The molecule has 20 heavy (non-hydrogen) atoms. The number of nitrogens with one attached hydrogen (secondary N) is 1. The molecule has 1 aromatic carbocycles. The molecule has 1 atom stereocenters. The van der Waals surface area contributed by atoms with Crippen molar-refractivity contribution in [3.63, 3.8) is 0 Å². The standard InChI is InChI=1S/C18H29NO/c1-3-19-18(14-17-9-11-20-12-10-17)8-7-16-6-4-5-15(2)13-16/h4-6,13,17-19H,3,7-12,14H2,1-2H3. The van der Waals surface area contributed by atoms with E-state index in [1.165, 1.54) is 43.2 Å². The first-order chi connectivity index (χ1) is 9.78. The molecule has 0 aliphatic carbocycles. The lowest BCUT2D eigenvalue weighted by molar-refractivity contribution is 0.0603. The number of hydrogen-bond acceptors (Lipinski definition) is 2. The maximum atomic E-state index is 5.46. The molecule has 2 rings (SSSR count). The van der Waals surface area contributed by atoms with Gasteiger partial charge in [0.05, 0.1) is 0 Å². The van der Waals surface area contributed by atoms with Gasteiger partial charge in [-0.25, -0.2) is 0 Å². The second-order valence-corrected chi connectivity index (χ2v) is 6.07. The predicted molar refractivity (Wildman–Crippen MR) is 85.1 cm³/mol. The van der Waals surface area contributed by atoms with Crippen LogP contribution in [0.3, 0.4) is 0 Å². The second kappa shape index (κ2) is 8.43. The molecule has 0 aromatic heterocycles. The quantitative estimate of drug-likeness (QED) is 0.819. The number of benzene rings is 1. The summed E-state index contributed by atoms with van der Waals surface area (Å²) in [6, 6.07) is 9.57. The maximum Gasteiger partial charge on any atom is 0.0468 e. The summed E-state index contributed by atoms with van der Waals surface area (Å²) in [5, 5.41) is 3.67. The summed E-state index contributed by atoms with van der Waals surface area (Å²) in [6.45, 7) is 7.38. The predicted octanol–water partition coefficient (Wildman–Crippen LogP) is 3.72. The molecule has 1 N–H and O–H groups in total. The Kier molecular flexibility index (Phi) is 6.55. The lowest BCUT2D eigenvalue weighted by atomic mass is 9.90. The first-order valence-corrected chi connectivity index (χ1v) is 8.14. The molecule has 2 heteroatoms. The summed E-state index contributed by atoms with van der Waals surface area (Å²) in [4.78, 5) is 0. The molecule has 0 saturated carbocycles. The van der Waals surface area contributed by atoms with Crippen molar-refractivity contribution in [3.05, 3.63) is 35.4 Å². The molecule has 1 unspecified atom stereocenters. The minimum absolute atomic E-state index is 0.656. The van der Waals surface area contributed by atoms with Crippen molar-refractivity contribution in [1.29, 1.82) is 0 Å². The van der Waals surface area contributed by atoms with Crippen LogP contribution in [0, 0.1) is 12.8 Å². The van der Waals surface area contributed by atoms with Crippen molar-refractivity contribution in [2.75, 3.05) is 19.8 Å². The van der Waals surface area contributed by atoms with Crippen molar-refractivity contribution in [2.45, 2.75) is 52.0 Å². The molecule has 1 aliphatic heterocycles. The van der Waals surface area contributed by atoms with Crippen LogP contribution in [-0.2, 0) is 11.2 Å². The molecule has 0 bridgehead atoms. The summed E-state index contributed by atoms with van der Waals surface area (Å²) in [5.41, 5.74) is 2.84. The topological polar surface area (TPSA) is 21.3 Å². The van der Waals surface area contributed by atoms with E-state index in [0.29, 0.717) is 6.04 Å². The Balaban J connectivity index is 1.81. The fourth-order valence-corrected chi connectivity index (χ4v) is 3.18. The Labute approximate surface area is 123 Å². The normalized spacial score (nSPS) is 18.1. The van der Waals surface area contributed by atoms with Crippen LogP contribution in [0.15, 0.2) is 24.3 Å². The fraction of sp³-hybridized carbons (Fsp3) is 0.667. The van der Waals surface area contributed by atoms with E-state index in [1.807, 2.05) is 0 Å². The van der Waals surface area contributed by atoms with Gasteiger partial charge in [0, 0.05) is 19.3 Å². The Hall–Kier alpha value is -0.860. The van der Waals surface area contributed by atoms with E-state index >= 15 is 0 Å². The highest BCUT2D eigenvalue weighted by Gasteiger charge is 2.18. The number of rotatable bonds is 7. The number of ether oxygens (including phenoxy) is 1.